The second-order valence-corrected chi connectivity index (χ2v) is 5.72. The van der Waals surface area contributed by atoms with E-state index in [0.29, 0.717) is 12.4 Å². The largest absolute Gasteiger partial charge is 0.497 e. The summed E-state index contributed by atoms with van der Waals surface area (Å²) in [5, 5.41) is 9.76. The van der Waals surface area contributed by atoms with Crippen LogP contribution in [0.25, 0.3) is 0 Å². The molecule has 2 aromatic carbocycles. The Morgan fingerprint density at radius 1 is 1.14 bits per heavy atom. The van der Waals surface area contributed by atoms with Crippen LogP contribution in [0.2, 0.25) is 0 Å². The predicted octanol–water partition coefficient (Wildman–Crippen LogP) is 4.13. The highest BCUT2D eigenvalue weighted by molar-refractivity contribution is 9.10. The van der Waals surface area contributed by atoms with Crippen molar-refractivity contribution in [3.05, 3.63) is 58.1 Å². The van der Waals surface area contributed by atoms with Gasteiger partial charge in [-0.15, -0.1) is 0 Å². The third-order valence-corrected chi connectivity index (χ3v) is 3.73. The van der Waals surface area contributed by atoms with E-state index in [-0.39, 0.29) is 0 Å². The van der Waals surface area contributed by atoms with Crippen molar-refractivity contribution in [1.29, 1.82) is 0 Å². The molecule has 0 saturated heterocycles. The van der Waals surface area contributed by atoms with Gasteiger partial charge < -0.3 is 14.6 Å². The smallest absolute Gasteiger partial charge is 0.126 e. The summed E-state index contributed by atoms with van der Waals surface area (Å²) in [7, 11) is 1.66. The van der Waals surface area contributed by atoms with Gasteiger partial charge in [0.15, 0.2) is 0 Å². The van der Waals surface area contributed by atoms with E-state index < -0.39 is 6.10 Å². The van der Waals surface area contributed by atoms with Crippen LogP contribution in [0.1, 0.15) is 24.2 Å². The summed E-state index contributed by atoms with van der Waals surface area (Å²) in [5.74, 6) is 1.57. The molecule has 1 N–H and O–H groups in total. The van der Waals surface area contributed by atoms with Gasteiger partial charge in [-0.25, -0.2) is 0 Å². The first-order valence-corrected chi connectivity index (χ1v) is 7.62. The Morgan fingerprint density at radius 2 is 1.86 bits per heavy atom. The minimum atomic E-state index is -0.547. The third kappa shape index (κ3) is 4.48. The summed E-state index contributed by atoms with van der Waals surface area (Å²) >= 11 is 3.42. The summed E-state index contributed by atoms with van der Waals surface area (Å²) in [6.45, 7) is 2.29. The molecule has 0 bridgehead atoms. The maximum atomic E-state index is 9.76. The van der Waals surface area contributed by atoms with Crippen molar-refractivity contribution in [3.63, 3.8) is 0 Å². The number of methoxy groups -OCH3 is 1. The van der Waals surface area contributed by atoms with Crippen LogP contribution < -0.4 is 9.47 Å². The van der Waals surface area contributed by atoms with Crippen molar-refractivity contribution >= 4 is 15.9 Å². The molecule has 1 atom stereocenters. The first-order chi connectivity index (χ1) is 10.1. The second-order valence-electron chi connectivity index (χ2n) is 4.80. The fraction of sp³-hybridized carbons (Fsp3) is 0.294. The van der Waals surface area contributed by atoms with Gasteiger partial charge in [-0.2, -0.15) is 0 Å². The van der Waals surface area contributed by atoms with Gasteiger partial charge in [0, 0.05) is 16.5 Å². The average molecular weight is 351 g/mol. The Kier molecular flexibility index (Phi) is 5.65. The van der Waals surface area contributed by atoms with Crippen LogP contribution in [0.3, 0.4) is 0 Å². The average Bonchev–Trinajstić information content (AvgIpc) is 2.48. The number of ether oxygens (including phenoxy) is 2. The molecule has 0 unspecified atom stereocenters. The van der Waals surface area contributed by atoms with Gasteiger partial charge in [-0.05, 0) is 36.8 Å². The quantitative estimate of drug-likeness (QED) is 0.850. The number of hydrogen-bond donors (Lipinski definition) is 1. The molecule has 3 nitrogen and oxygen atoms in total. The van der Waals surface area contributed by atoms with E-state index >= 15 is 0 Å². The lowest BCUT2D eigenvalue weighted by Crippen LogP contribution is -2.05. The summed E-state index contributed by atoms with van der Waals surface area (Å²) in [4.78, 5) is 0. The molecule has 0 heterocycles. The van der Waals surface area contributed by atoms with Gasteiger partial charge in [-0.3, -0.25) is 0 Å². The Labute approximate surface area is 133 Å². The first kappa shape index (κ1) is 15.9. The molecule has 112 valence electrons. The van der Waals surface area contributed by atoms with Gasteiger partial charge in [0.05, 0.1) is 19.8 Å². The molecule has 0 radical (unpaired) electrons. The number of aliphatic hydroxyl groups excluding tert-OH is 1. The van der Waals surface area contributed by atoms with Gasteiger partial charge in [-0.1, -0.05) is 34.1 Å². The molecule has 0 saturated carbocycles. The normalized spacial score (nSPS) is 12.0. The summed E-state index contributed by atoms with van der Waals surface area (Å²) < 4.78 is 11.9. The number of aliphatic hydroxyl groups is 1. The Balaban J connectivity index is 1.97. The highest BCUT2D eigenvalue weighted by Gasteiger charge is 2.09. The van der Waals surface area contributed by atoms with Gasteiger partial charge in [0.25, 0.3) is 0 Å². The molecule has 4 heteroatoms. The summed E-state index contributed by atoms with van der Waals surface area (Å²) in [6.07, 6.45) is 0.254. The van der Waals surface area contributed by atoms with Crippen molar-refractivity contribution < 1.29 is 14.6 Å². The van der Waals surface area contributed by atoms with Crippen molar-refractivity contribution in [2.75, 3.05) is 13.7 Å². The van der Waals surface area contributed by atoms with Crippen molar-refractivity contribution in [2.24, 2.45) is 0 Å². The van der Waals surface area contributed by atoms with Gasteiger partial charge in [0.1, 0.15) is 11.5 Å². The van der Waals surface area contributed by atoms with E-state index in [1.54, 1.807) is 14.0 Å². The van der Waals surface area contributed by atoms with E-state index in [1.165, 1.54) is 5.56 Å². The van der Waals surface area contributed by atoms with E-state index in [0.717, 1.165) is 22.2 Å². The maximum absolute atomic E-state index is 9.76. The molecule has 2 rings (SSSR count). The van der Waals surface area contributed by atoms with E-state index in [4.69, 9.17) is 9.47 Å². The molecule has 0 aromatic heterocycles. The lowest BCUT2D eigenvalue weighted by molar-refractivity contribution is 0.191. The van der Waals surface area contributed by atoms with Crippen LogP contribution in [0.4, 0.5) is 0 Å². The molecule has 2 aromatic rings. The van der Waals surface area contributed by atoms with Gasteiger partial charge in [0.2, 0.25) is 0 Å². The monoisotopic (exact) mass is 350 g/mol. The molecular weight excluding hydrogens is 332 g/mol. The summed E-state index contributed by atoms with van der Waals surface area (Å²) in [6, 6.07) is 13.6. The van der Waals surface area contributed by atoms with Crippen LogP contribution in [0.15, 0.2) is 46.9 Å². The van der Waals surface area contributed by atoms with Crippen LogP contribution in [0.5, 0.6) is 11.5 Å². The molecule has 0 aliphatic heterocycles. The SMILES string of the molecule is COc1ccc(CCOc2cc(Br)ccc2[C@H](C)O)cc1. The molecule has 0 amide bonds. The van der Waals surface area contributed by atoms with Crippen LogP contribution in [-0.2, 0) is 6.42 Å². The Hall–Kier alpha value is -1.52. The molecule has 21 heavy (non-hydrogen) atoms. The van der Waals surface area contributed by atoms with Crippen LogP contribution >= 0.6 is 15.9 Å². The zero-order valence-corrected chi connectivity index (χ0v) is 13.8. The zero-order chi connectivity index (χ0) is 15.2. The van der Waals surface area contributed by atoms with Crippen molar-refractivity contribution in [2.45, 2.75) is 19.4 Å². The number of rotatable bonds is 6. The van der Waals surface area contributed by atoms with Crippen LogP contribution in [0, 0.1) is 0 Å². The standard InChI is InChI=1S/C17H19BrO3/c1-12(19)16-8-5-14(18)11-17(16)21-10-9-13-3-6-15(20-2)7-4-13/h3-8,11-12,19H,9-10H2,1-2H3/t12-/m0/s1. The number of hydrogen-bond acceptors (Lipinski definition) is 3. The highest BCUT2D eigenvalue weighted by Crippen LogP contribution is 2.28. The van der Waals surface area contributed by atoms with Crippen LogP contribution in [-0.4, -0.2) is 18.8 Å². The molecule has 0 aliphatic rings. The van der Waals surface area contributed by atoms with E-state index in [2.05, 4.69) is 15.9 Å². The molecule has 0 spiro atoms. The van der Waals surface area contributed by atoms with Crippen molar-refractivity contribution in [1.82, 2.24) is 0 Å². The van der Waals surface area contributed by atoms with E-state index in [9.17, 15) is 5.11 Å². The molecule has 0 fully saturated rings. The fourth-order valence-electron chi connectivity index (χ4n) is 2.05. The zero-order valence-electron chi connectivity index (χ0n) is 12.2. The predicted molar refractivity (Wildman–Crippen MR) is 87.0 cm³/mol. The summed E-state index contributed by atoms with van der Waals surface area (Å²) in [5.41, 5.74) is 1.98. The minimum Gasteiger partial charge on any atom is -0.497 e. The molecular formula is C17H19BrO3. The second kappa shape index (κ2) is 7.48. The maximum Gasteiger partial charge on any atom is 0.126 e. The Morgan fingerprint density at radius 3 is 2.48 bits per heavy atom. The lowest BCUT2D eigenvalue weighted by Gasteiger charge is -2.14. The van der Waals surface area contributed by atoms with Crippen molar-refractivity contribution in [3.8, 4) is 11.5 Å². The van der Waals surface area contributed by atoms with Gasteiger partial charge >= 0.3 is 0 Å². The molecule has 0 aliphatic carbocycles. The fourth-order valence-corrected chi connectivity index (χ4v) is 2.39. The Bertz CT molecular complexity index is 579. The van der Waals surface area contributed by atoms with E-state index in [1.807, 2.05) is 42.5 Å². The number of benzene rings is 2. The lowest BCUT2D eigenvalue weighted by atomic mass is 10.1. The first-order valence-electron chi connectivity index (χ1n) is 6.83. The third-order valence-electron chi connectivity index (χ3n) is 3.23. The minimum absolute atomic E-state index is 0.547. The number of halogens is 1. The topological polar surface area (TPSA) is 38.7 Å². The highest BCUT2D eigenvalue weighted by atomic mass is 79.9.